The smallest absolute Gasteiger partial charge is 0.186 e. The van der Waals surface area contributed by atoms with E-state index in [-0.39, 0.29) is 0 Å². The molecule has 128 valence electrons. The van der Waals surface area contributed by atoms with Crippen LogP contribution in [0.15, 0.2) is 40.8 Å². The Morgan fingerprint density at radius 1 is 1.24 bits per heavy atom. The lowest BCUT2D eigenvalue weighted by Gasteiger charge is -2.27. The second kappa shape index (κ2) is 6.45. The Bertz CT molecular complexity index is 900. The Kier molecular flexibility index (Phi) is 4.13. The summed E-state index contributed by atoms with van der Waals surface area (Å²) >= 11 is 0. The van der Waals surface area contributed by atoms with Crippen molar-refractivity contribution in [3.63, 3.8) is 0 Å². The predicted molar refractivity (Wildman–Crippen MR) is 99.9 cm³/mol. The molecule has 3 aromatic rings. The molecule has 2 aromatic heterocycles. The third-order valence-corrected chi connectivity index (χ3v) is 4.88. The molecule has 0 unspecified atom stereocenters. The van der Waals surface area contributed by atoms with E-state index in [0.717, 1.165) is 49.0 Å². The van der Waals surface area contributed by atoms with E-state index in [1.165, 1.54) is 17.0 Å². The first-order chi connectivity index (χ1) is 12.2. The van der Waals surface area contributed by atoms with Crippen molar-refractivity contribution >= 4 is 13.5 Å². The Morgan fingerprint density at radius 2 is 2.08 bits per heavy atom. The summed E-state index contributed by atoms with van der Waals surface area (Å²) in [4.78, 5) is 7.27. The Hall–Kier alpha value is -2.47. The summed E-state index contributed by atoms with van der Waals surface area (Å²) in [5.41, 5.74) is 4.58. The largest absolute Gasteiger partial charge is 0.496 e. The molecular weight excluding hydrogens is 313 g/mol. The zero-order chi connectivity index (χ0) is 17.4. The zero-order valence-electron chi connectivity index (χ0n) is 15.0. The van der Waals surface area contributed by atoms with Crippen molar-refractivity contribution < 1.29 is 9.15 Å². The third-order valence-electron chi connectivity index (χ3n) is 4.88. The molecule has 1 aliphatic heterocycles. The normalized spacial score (nSPS) is 14.5. The predicted octanol–water partition coefficient (Wildman–Crippen LogP) is 1.51. The molecule has 0 aliphatic carbocycles. The maximum absolute atomic E-state index is 5.77. The number of nitrogens with zero attached hydrogens (tertiary/aromatic N) is 3. The summed E-state index contributed by atoms with van der Waals surface area (Å²) in [5.74, 6) is 2.70. The fraction of sp³-hybridized carbons (Fsp3) is 0.316. The summed E-state index contributed by atoms with van der Waals surface area (Å²) in [6.07, 6.45) is 0.956. The number of rotatable bonds is 4. The molecule has 3 heterocycles. The minimum atomic E-state index is 0.839. The van der Waals surface area contributed by atoms with Crippen LogP contribution in [0.2, 0.25) is 0 Å². The Labute approximate surface area is 148 Å². The van der Waals surface area contributed by atoms with Crippen molar-refractivity contribution in [2.45, 2.75) is 19.5 Å². The van der Waals surface area contributed by atoms with Gasteiger partial charge in [0.2, 0.25) is 0 Å². The van der Waals surface area contributed by atoms with E-state index in [1.807, 2.05) is 32.1 Å². The zero-order valence-corrected chi connectivity index (χ0v) is 15.0. The highest BCUT2D eigenvalue weighted by Gasteiger charge is 2.24. The molecule has 0 atom stereocenters. The lowest BCUT2D eigenvalue weighted by atomic mass is 10.1. The van der Waals surface area contributed by atoms with Gasteiger partial charge in [-0.15, -0.1) is 0 Å². The molecule has 0 radical (unpaired) electrons. The van der Waals surface area contributed by atoms with E-state index in [1.54, 1.807) is 7.11 Å². The van der Waals surface area contributed by atoms with E-state index in [0.29, 0.717) is 0 Å². The van der Waals surface area contributed by atoms with E-state index < -0.39 is 0 Å². The molecule has 0 saturated carbocycles. The number of hydrogen-bond donors (Lipinski definition) is 0. The fourth-order valence-corrected chi connectivity index (χ4v) is 3.53. The SMILES string of the molecule is Bc1ccc(-c2nc3c(n2C)CN(Cc2ccccc2OC)CC3)o1. The first-order valence-electron chi connectivity index (χ1n) is 8.61. The molecular formula is C19H22BN3O2. The Morgan fingerprint density at radius 3 is 2.84 bits per heavy atom. The molecule has 5 nitrogen and oxygen atoms in total. The maximum Gasteiger partial charge on any atom is 0.186 e. The van der Waals surface area contributed by atoms with Crippen LogP contribution in [0.5, 0.6) is 5.75 Å². The molecule has 0 bridgehead atoms. The van der Waals surface area contributed by atoms with Crippen molar-refractivity contribution in [1.82, 2.24) is 14.5 Å². The number of methoxy groups -OCH3 is 1. The van der Waals surface area contributed by atoms with Gasteiger partial charge < -0.3 is 13.7 Å². The third kappa shape index (κ3) is 2.98. The standard InChI is InChI=1S/C19H22BN3O2/c1-22-15-12-23(11-13-5-3-4-6-16(13)24-2)10-9-14(15)21-19(22)17-7-8-18(20)25-17/h3-8H,9-12,20H2,1-2H3. The van der Waals surface area contributed by atoms with Crippen LogP contribution in [0, 0.1) is 0 Å². The van der Waals surface area contributed by atoms with Gasteiger partial charge in [0.25, 0.3) is 0 Å². The van der Waals surface area contributed by atoms with Crippen molar-refractivity contribution in [2.75, 3.05) is 13.7 Å². The molecule has 25 heavy (non-hydrogen) atoms. The van der Waals surface area contributed by atoms with E-state index in [4.69, 9.17) is 14.1 Å². The average Bonchev–Trinajstić information content (AvgIpc) is 3.19. The van der Waals surface area contributed by atoms with Crippen LogP contribution in [-0.4, -0.2) is 36.0 Å². The first-order valence-corrected chi connectivity index (χ1v) is 8.61. The van der Waals surface area contributed by atoms with Gasteiger partial charge in [-0.3, -0.25) is 4.90 Å². The van der Waals surface area contributed by atoms with Gasteiger partial charge in [0.15, 0.2) is 19.4 Å². The van der Waals surface area contributed by atoms with Crippen LogP contribution < -0.4 is 10.4 Å². The number of hydrogen-bond acceptors (Lipinski definition) is 4. The number of fused-ring (bicyclic) bond motifs is 1. The van der Waals surface area contributed by atoms with Crippen LogP contribution >= 0.6 is 0 Å². The number of furan rings is 1. The van der Waals surface area contributed by atoms with Crippen molar-refractivity contribution in [3.05, 3.63) is 53.3 Å². The molecule has 4 rings (SSSR count). The number of imidazole rings is 1. The number of ether oxygens (including phenoxy) is 1. The van der Waals surface area contributed by atoms with E-state index in [9.17, 15) is 0 Å². The minimum absolute atomic E-state index is 0.839. The van der Waals surface area contributed by atoms with E-state index in [2.05, 4.69) is 28.6 Å². The second-order valence-corrected chi connectivity index (χ2v) is 6.57. The van der Waals surface area contributed by atoms with Gasteiger partial charge in [0, 0.05) is 38.7 Å². The highest BCUT2D eigenvalue weighted by Crippen LogP contribution is 2.27. The molecule has 1 aromatic carbocycles. The molecule has 0 amide bonds. The van der Waals surface area contributed by atoms with Crippen LogP contribution in [0.4, 0.5) is 0 Å². The van der Waals surface area contributed by atoms with Gasteiger partial charge in [-0.05, 0) is 18.2 Å². The van der Waals surface area contributed by atoms with Gasteiger partial charge in [0.05, 0.1) is 24.2 Å². The number of para-hydroxylation sites is 1. The molecule has 0 fully saturated rings. The molecule has 6 heteroatoms. The number of aromatic nitrogens is 2. The maximum atomic E-state index is 5.77. The van der Waals surface area contributed by atoms with Crippen molar-refractivity contribution in [1.29, 1.82) is 0 Å². The van der Waals surface area contributed by atoms with Crippen LogP contribution in [0.25, 0.3) is 11.6 Å². The second-order valence-electron chi connectivity index (χ2n) is 6.57. The molecule has 0 spiro atoms. The number of benzene rings is 1. The first kappa shape index (κ1) is 16.0. The summed E-state index contributed by atoms with van der Waals surface area (Å²) in [6.45, 7) is 2.76. The van der Waals surface area contributed by atoms with Gasteiger partial charge >= 0.3 is 0 Å². The van der Waals surface area contributed by atoms with Gasteiger partial charge in [-0.25, -0.2) is 4.98 Å². The fourth-order valence-electron chi connectivity index (χ4n) is 3.53. The van der Waals surface area contributed by atoms with Crippen molar-refractivity contribution in [3.8, 4) is 17.3 Å². The lowest BCUT2D eigenvalue weighted by molar-refractivity contribution is 0.234. The summed E-state index contributed by atoms with van der Waals surface area (Å²) in [7, 11) is 5.76. The van der Waals surface area contributed by atoms with Crippen LogP contribution in [0.1, 0.15) is 17.0 Å². The molecule has 1 aliphatic rings. The topological polar surface area (TPSA) is 43.4 Å². The monoisotopic (exact) mass is 335 g/mol. The highest BCUT2D eigenvalue weighted by molar-refractivity contribution is 6.29. The van der Waals surface area contributed by atoms with E-state index >= 15 is 0 Å². The summed E-state index contributed by atoms with van der Waals surface area (Å²) < 4.78 is 13.4. The van der Waals surface area contributed by atoms with Crippen LogP contribution in [0.3, 0.4) is 0 Å². The van der Waals surface area contributed by atoms with Gasteiger partial charge in [-0.2, -0.15) is 0 Å². The molecule has 0 N–H and O–H groups in total. The van der Waals surface area contributed by atoms with Crippen LogP contribution in [-0.2, 0) is 26.6 Å². The quantitative estimate of drug-likeness (QED) is 0.678. The summed E-state index contributed by atoms with van der Waals surface area (Å²) in [6, 6.07) is 12.2. The molecule has 0 saturated heterocycles. The highest BCUT2D eigenvalue weighted by atomic mass is 16.5. The van der Waals surface area contributed by atoms with Gasteiger partial charge in [-0.1, -0.05) is 18.2 Å². The lowest BCUT2D eigenvalue weighted by Crippen LogP contribution is -2.31. The van der Waals surface area contributed by atoms with Gasteiger partial charge in [0.1, 0.15) is 5.75 Å². The summed E-state index contributed by atoms with van der Waals surface area (Å²) in [5, 5.41) is 0. The average molecular weight is 335 g/mol. The van der Waals surface area contributed by atoms with Crippen molar-refractivity contribution in [2.24, 2.45) is 7.05 Å². The minimum Gasteiger partial charge on any atom is -0.496 e. The Balaban J connectivity index is 1.58.